The van der Waals surface area contributed by atoms with Crippen molar-refractivity contribution >= 4 is 33.0 Å². The first-order valence-corrected chi connectivity index (χ1v) is 9.92. The summed E-state index contributed by atoms with van der Waals surface area (Å²) in [5, 5.41) is 12.2. The highest BCUT2D eigenvalue weighted by Gasteiger charge is 2.19. The van der Waals surface area contributed by atoms with Crippen molar-refractivity contribution in [2.24, 2.45) is 0 Å². The summed E-state index contributed by atoms with van der Waals surface area (Å²) < 4.78 is 1.15. The van der Waals surface area contributed by atoms with Gasteiger partial charge in [0, 0.05) is 32.8 Å². The van der Waals surface area contributed by atoms with Gasteiger partial charge in [0.2, 0.25) is 0 Å². The SMILES string of the molecule is CC(C)(O)c1ccnc(-c2cccc3cc(Cc4ccccc4Cl)sc23)n1. The van der Waals surface area contributed by atoms with Crippen LogP contribution >= 0.6 is 22.9 Å². The zero-order valence-corrected chi connectivity index (χ0v) is 16.7. The zero-order valence-electron chi connectivity index (χ0n) is 15.1. The molecule has 136 valence electrons. The minimum atomic E-state index is -1.00. The predicted molar refractivity (Wildman–Crippen MR) is 112 cm³/mol. The van der Waals surface area contributed by atoms with Crippen LogP contribution in [0.3, 0.4) is 0 Å². The summed E-state index contributed by atoms with van der Waals surface area (Å²) >= 11 is 8.06. The van der Waals surface area contributed by atoms with E-state index in [0.29, 0.717) is 11.5 Å². The molecule has 4 aromatic rings. The molecular weight excluding hydrogens is 376 g/mol. The van der Waals surface area contributed by atoms with E-state index in [9.17, 15) is 5.11 Å². The van der Waals surface area contributed by atoms with Gasteiger partial charge < -0.3 is 5.11 Å². The molecule has 0 saturated heterocycles. The van der Waals surface area contributed by atoms with Crippen molar-refractivity contribution in [3.63, 3.8) is 0 Å². The number of hydrogen-bond acceptors (Lipinski definition) is 4. The minimum Gasteiger partial charge on any atom is -0.384 e. The Hall–Kier alpha value is -2.27. The molecule has 0 fully saturated rings. The van der Waals surface area contributed by atoms with Crippen LogP contribution in [0.15, 0.2) is 60.8 Å². The molecule has 2 aromatic heterocycles. The number of thiophene rings is 1. The molecule has 4 rings (SSSR count). The van der Waals surface area contributed by atoms with Crippen LogP contribution in [0.25, 0.3) is 21.5 Å². The molecule has 2 heterocycles. The van der Waals surface area contributed by atoms with E-state index in [1.807, 2.05) is 30.3 Å². The Kier molecular flexibility index (Phi) is 4.72. The Morgan fingerprint density at radius 1 is 1.07 bits per heavy atom. The molecule has 0 atom stereocenters. The maximum absolute atomic E-state index is 10.3. The standard InChI is InChI=1S/C22H19ClN2OS/c1-22(2,26)19-10-11-24-21(25-19)17-8-5-7-15-13-16(27-20(15)17)12-14-6-3-4-9-18(14)23/h3-11,13,26H,12H2,1-2H3. The van der Waals surface area contributed by atoms with Crippen LogP contribution in [0.2, 0.25) is 5.02 Å². The first-order chi connectivity index (χ1) is 12.9. The molecule has 0 aliphatic carbocycles. The Balaban J connectivity index is 1.77. The van der Waals surface area contributed by atoms with Crippen molar-refractivity contribution in [1.29, 1.82) is 0 Å². The molecule has 0 aliphatic rings. The van der Waals surface area contributed by atoms with Gasteiger partial charge in [-0.1, -0.05) is 41.9 Å². The molecule has 0 unspecified atom stereocenters. The van der Waals surface area contributed by atoms with Crippen LogP contribution in [-0.4, -0.2) is 15.1 Å². The molecule has 2 aromatic carbocycles. The lowest BCUT2D eigenvalue weighted by atomic mass is 10.0. The van der Waals surface area contributed by atoms with Crippen LogP contribution < -0.4 is 0 Å². The van der Waals surface area contributed by atoms with Crippen molar-refractivity contribution in [2.75, 3.05) is 0 Å². The van der Waals surface area contributed by atoms with E-state index in [1.54, 1.807) is 37.4 Å². The summed E-state index contributed by atoms with van der Waals surface area (Å²) in [6.45, 7) is 3.46. The highest BCUT2D eigenvalue weighted by atomic mass is 35.5. The quantitative estimate of drug-likeness (QED) is 0.473. The fourth-order valence-corrected chi connectivity index (χ4v) is 4.43. The number of hydrogen-bond donors (Lipinski definition) is 1. The fourth-order valence-electron chi connectivity index (χ4n) is 3.04. The summed E-state index contributed by atoms with van der Waals surface area (Å²) in [7, 11) is 0. The highest BCUT2D eigenvalue weighted by molar-refractivity contribution is 7.19. The van der Waals surface area contributed by atoms with E-state index in [4.69, 9.17) is 11.6 Å². The van der Waals surface area contributed by atoms with Crippen LogP contribution in [0, 0.1) is 0 Å². The first kappa shape index (κ1) is 18.1. The molecule has 5 heteroatoms. The van der Waals surface area contributed by atoms with Gasteiger partial charge in [-0.05, 0) is 49.1 Å². The molecule has 27 heavy (non-hydrogen) atoms. The number of fused-ring (bicyclic) bond motifs is 1. The number of benzene rings is 2. The van der Waals surface area contributed by atoms with Crippen molar-refractivity contribution in [2.45, 2.75) is 25.9 Å². The van der Waals surface area contributed by atoms with E-state index in [1.165, 1.54) is 4.88 Å². The lowest BCUT2D eigenvalue weighted by Crippen LogP contribution is -2.17. The molecule has 0 spiro atoms. The molecular formula is C22H19ClN2OS. The monoisotopic (exact) mass is 394 g/mol. The molecule has 0 radical (unpaired) electrons. The Labute approximate surface area is 167 Å². The van der Waals surface area contributed by atoms with Crippen molar-refractivity contribution in [1.82, 2.24) is 9.97 Å². The molecule has 0 amide bonds. The number of aliphatic hydroxyl groups is 1. The zero-order chi connectivity index (χ0) is 19.0. The lowest BCUT2D eigenvalue weighted by molar-refractivity contribution is 0.0738. The van der Waals surface area contributed by atoms with Gasteiger partial charge >= 0.3 is 0 Å². The Bertz CT molecular complexity index is 1110. The van der Waals surface area contributed by atoms with E-state index in [2.05, 4.69) is 28.2 Å². The van der Waals surface area contributed by atoms with Crippen LogP contribution in [0.5, 0.6) is 0 Å². The number of nitrogens with zero attached hydrogens (tertiary/aromatic N) is 2. The average Bonchev–Trinajstić information content (AvgIpc) is 3.05. The molecule has 0 aliphatic heterocycles. The van der Waals surface area contributed by atoms with Crippen LogP contribution in [0.1, 0.15) is 30.0 Å². The second kappa shape index (κ2) is 7.04. The Morgan fingerprint density at radius 3 is 2.67 bits per heavy atom. The normalized spacial score (nSPS) is 11.9. The predicted octanol–water partition coefficient (Wildman–Crippen LogP) is 5.83. The Morgan fingerprint density at radius 2 is 1.89 bits per heavy atom. The largest absolute Gasteiger partial charge is 0.384 e. The van der Waals surface area contributed by atoms with Gasteiger partial charge in [0.25, 0.3) is 0 Å². The second-order valence-corrected chi connectivity index (χ2v) is 8.57. The first-order valence-electron chi connectivity index (χ1n) is 8.73. The van der Waals surface area contributed by atoms with Gasteiger partial charge in [0.15, 0.2) is 5.82 Å². The van der Waals surface area contributed by atoms with Crippen molar-refractivity contribution < 1.29 is 5.11 Å². The maximum Gasteiger partial charge on any atom is 0.160 e. The molecule has 0 saturated carbocycles. The van der Waals surface area contributed by atoms with Gasteiger partial charge in [0.1, 0.15) is 5.60 Å². The van der Waals surface area contributed by atoms with Crippen LogP contribution in [0.4, 0.5) is 0 Å². The van der Waals surface area contributed by atoms with E-state index in [-0.39, 0.29) is 0 Å². The number of aromatic nitrogens is 2. The second-order valence-electron chi connectivity index (χ2n) is 7.03. The van der Waals surface area contributed by atoms with Crippen LogP contribution in [-0.2, 0) is 12.0 Å². The van der Waals surface area contributed by atoms with E-state index in [0.717, 1.165) is 32.7 Å². The minimum absolute atomic E-state index is 0.609. The smallest absolute Gasteiger partial charge is 0.160 e. The van der Waals surface area contributed by atoms with Crippen molar-refractivity contribution in [3.8, 4) is 11.4 Å². The number of rotatable bonds is 4. The highest BCUT2D eigenvalue weighted by Crippen LogP contribution is 2.35. The number of halogens is 1. The van der Waals surface area contributed by atoms with Gasteiger partial charge in [-0.15, -0.1) is 11.3 Å². The third-order valence-electron chi connectivity index (χ3n) is 4.44. The summed E-state index contributed by atoms with van der Waals surface area (Å²) in [5.41, 5.74) is 1.70. The van der Waals surface area contributed by atoms with Gasteiger partial charge in [0.05, 0.1) is 5.69 Å². The lowest BCUT2D eigenvalue weighted by Gasteiger charge is -2.16. The maximum atomic E-state index is 10.3. The van der Waals surface area contributed by atoms with Gasteiger partial charge in [-0.25, -0.2) is 9.97 Å². The van der Waals surface area contributed by atoms with E-state index < -0.39 is 5.60 Å². The molecule has 3 nitrogen and oxygen atoms in total. The summed E-state index contributed by atoms with van der Waals surface area (Å²) in [5.74, 6) is 0.631. The average molecular weight is 395 g/mol. The molecule has 0 bridgehead atoms. The van der Waals surface area contributed by atoms with Gasteiger partial charge in [-0.2, -0.15) is 0 Å². The fraction of sp³-hybridized carbons (Fsp3) is 0.182. The third-order valence-corrected chi connectivity index (χ3v) is 5.99. The summed E-state index contributed by atoms with van der Waals surface area (Å²) in [4.78, 5) is 10.3. The van der Waals surface area contributed by atoms with E-state index >= 15 is 0 Å². The summed E-state index contributed by atoms with van der Waals surface area (Å²) in [6.07, 6.45) is 2.50. The van der Waals surface area contributed by atoms with Crippen molar-refractivity contribution in [3.05, 3.63) is 82.0 Å². The topological polar surface area (TPSA) is 46.0 Å². The third kappa shape index (κ3) is 3.74. The summed E-state index contributed by atoms with van der Waals surface area (Å²) in [6, 6.07) is 18.0. The van der Waals surface area contributed by atoms with Gasteiger partial charge in [-0.3, -0.25) is 0 Å². The molecule has 1 N–H and O–H groups in total.